The average Bonchev–Trinajstić information content (AvgIpc) is 3.03. The number of ether oxygens (including phenoxy) is 1. The van der Waals surface area contributed by atoms with Crippen LogP contribution in [0.2, 0.25) is 0 Å². The van der Waals surface area contributed by atoms with E-state index in [4.69, 9.17) is 4.74 Å². The highest BCUT2D eigenvalue weighted by Gasteiger charge is 2.28. The van der Waals surface area contributed by atoms with Gasteiger partial charge in [0.05, 0.1) is 24.9 Å². The van der Waals surface area contributed by atoms with Gasteiger partial charge in [-0.05, 0) is 18.2 Å². The number of halogens is 2. The molecular weight excluding hydrogens is 316 g/mol. The maximum absolute atomic E-state index is 13.7. The number of amides is 1. The average molecular weight is 333 g/mol. The van der Waals surface area contributed by atoms with Crippen LogP contribution in [-0.4, -0.2) is 19.2 Å². The Morgan fingerprint density at radius 2 is 2.00 bits per heavy atom. The highest BCUT2D eigenvalue weighted by molar-refractivity contribution is 5.94. The maximum Gasteiger partial charge on any atom is 0.255 e. The number of benzene rings is 2. The highest BCUT2D eigenvalue weighted by Crippen LogP contribution is 2.29. The summed E-state index contributed by atoms with van der Waals surface area (Å²) < 4.78 is 31.9. The van der Waals surface area contributed by atoms with Gasteiger partial charge < -0.3 is 10.1 Å². The SMILES string of the molecule is COc1ccccc1C1CC(NC(=O)c2ccc(F)cc2F)NN1. The fraction of sp³-hybridized carbons (Fsp3) is 0.235. The second kappa shape index (κ2) is 6.94. The molecule has 1 aliphatic rings. The Morgan fingerprint density at radius 3 is 2.75 bits per heavy atom. The summed E-state index contributed by atoms with van der Waals surface area (Å²) in [6.07, 6.45) is 0.159. The van der Waals surface area contributed by atoms with Gasteiger partial charge in [-0.1, -0.05) is 18.2 Å². The number of methoxy groups -OCH3 is 1. The molecule has 0 aromatic heterocycles. The predicted molar refractivity (Wildman–Crippen MR) is 84.2 cm³/mol. The van der Waals surface area contributed by atoms with Gasteiger partial charge in [-0.25, -0.2) is 19.6 Å². The minimum Gasteiger partial charge on any atom is -0.496 e. The van der Waals surface area contributed by atoms with Crippen LogP contribution in [0.1, 0.15) is 28.4 Å². The van der Waals surface area contributed by atoms with Gasteiger partial charge in [-0.3, -0.25) is 4.79 Å². The van der Waals surface area contributed by atoms with Crippen molar-refractivity contribution in [2.45, 2.75) is 18.6 Å². The lowest BCUT2D eigenvalue weighted by molar-refractivity contribution is 0.0928. The number of para-hydroxylation sites is 1. The van der Waals surface area contributed by atoms with E-state index in [-0.39, 0.29) is 11.6 Å². The predicted octanol–water partition coefficient (Wildman–Crippen LogP) is 2.27. The first kappa shape index (κ1) is 16.4. The standard InChI is InChI=1S/C17H17F2N3O2/c1-24-15-5-3-2-4-12(15)14-9-16(22-21-14)20-17(23)11-7-6-10(18)8-13(11)19/h2-8,14,16,21-22H,9H2,1H3,(H,20,23). The fourth-order valence-electron chi connectivity index (χ4n) is 2.72. The number of hydrogen-bond acceptors (Lipinski definition) is 4. The quantitative estimate of drug-likeness (QED) is 0.803. The van der Waals surface area contributed by atoms with E-state index in [2.05, 4.69) is 16.2 Å². The van der Waals surface area contributed by atoms with Crippen LogP contribution >= 0.6 is 0 Å². The molecule has 126 valence electrons. The largest absolute Gasteiger partial charge is 0.496 e. The van der Waals surface area contributed by atoms with Gasteiger partial charge in [0.1, 0.15) is 17.4 Å². The van der Waals surface area contributed by atoms with Gasteiger partial charge >= 0.3 is 0 Å². The lowest BCUT2D eigenvalue weighted by Gasteiger charge is -2.14. The fourth-order valence-corrected chi connectivity index (χ4v) is 2.72. The molecule has 2 aromatic rings. The molecule has 0 bridgehead atoms. The zero-order valence-electron chi connectivity index (χ0n) is 13.0. The van der Waals surface area contributed by atoms with Crippen LogP contribution in [0.3, 0.4) is 0 Å². The summed E-state index contributed by atoms with van der Waals surface area (Å²) in [5.74, 6) is -1.47. The van der Waals surface area contributed by atoms with Gasteiger partial charge in [0.25, 0.3) is 5.91 Å². The van der Waals surface area contributed by atoms with Crippen LogP contribution < -0.4 is 20.9 Å². The van der Waals surface area contributed by atoms with Gasteiger partial charge in [-0.15, -0.1) is 0 Å². The van der Waals surface area contributed by atoms with Gasteiger partial charge in [0, 0.05) is 18.1 Å². The van der Waals surface area contributed by atoms with Crippen LogP contribution in [0.15, 0.2) is 42.5 Å². The van der Waals surface area contributed by atoms with E-state index in [9.17, 15) is 13.6 Å². The molecule has 0 aliphatic carbocycles. The molecule has 0 radical (unpaired) electrons. The topological polar surface area (TPSA) is 62.4 Å². The van der Waals surface area contributed by atoms with Crippen LogP contribution in [0, 0.1) is 11.6 Å². The molecule has 5 nitrogen and oxygen atoms in total. The molecule has 24 heavy (non-hydrogen) atoms. The Kier molecular flexibility index (Phi) is 4.73. The Hall–Kier alpha value is -2.51. The second-order valence-electron chi connectivity index (χ2n) is 5.47. The Balaban J connectivity index is 1.67. The summed E-state index contributed by atoms with van der Waals surface area (Å²) in [6, 6.07) is 10.4. The third-order valence-electron chi connectivity index (χ3n) is 3.90. The van der Waals surface area contributed by atoms with Gasteiger partial charge in [0.15, 0.2) is 0 Å². The first-order valence-corrected chi connectivity index (χ1v) is 7.48. The summed E-state index contributed by atoms with van der Waals surface area (Å²) >= 11 is 0. The van der Waals surface area contributed by atoms with Crippen molar-refractivity contribution in [2.75, 3.05) is 7.11 Å². The van der Waals surface area contributed by atoms with Crippen LogP contribution in [0.4, 0.5) is 8.78 Å². The second-order valence-corrected chi connectivity index (χ2v) is 5.47. The molecule has 1 aliphatic heterocycles. The van der Waals surface area contributed by atoms with Crippen molar-refractivity contribution in [2.24, 2.45) is 0 Å². The molecule has 0 spiro atoms. The van der Waals surface area contributed by atoms with Gasteiger partial charge in [0.2, 0.25) is 0 Å². The molecule has 7 heteroatoms. The smallest absolute Gasteiger partial charge is 0.255 e. The number of hydrogen-bond donors (Lipinski definition) is 3. The lowest BCUT2D eigenvalue weighted by Crippen LogP contribution is -2.44. The number of carbonyl (C=O) groups is 1. The third kappa shape index (κ3) is 3.37. The van der Waals surface area contributed by atoms with E-state index in [0.29, 0.717) is 12.5 Å². The molecule has 1 fully saturated rings. The Labute approximate surface area is 138 Å². The summed E-state index contributed by atoms with van der Waals surface area (Å²) in [6.45, 7) is 0. The Bertz CT molecular complexity index is 754. The van der Waals surface area contributed by atoms with E-state index in [0.717, 1.165) is 23.4 Å². The third-order valence-corrected chi connectivity index (χ3v) is 3.90. The molecule has 1 heterocycles. The number of nitrogens with one attached hydrogen (secondary N) is 3. The van der Waals surface area contributed by atoms with E-state index in [1.165, 1.54) is 0 Å². The molecule has 3 N–H and O–H groups in total. The van der Waals surface area contributed by atoms with Gasteiger partial charge in [-0.2, -0.15) is 0 Å². The summed E-state index contributed by atoms with van der Waals surface area (Å²) in [5, 5.41) is 2.68. The van der Waals surface area contributed by atoms with E-state index >= 15 is 0 Å². The number of hydrazine groups is 1. The van der Waals surface area contributed by atoms with Crippen molar-refractivity contribution in [3.05, 3.63) is 65.2 Å². The lowest BCUT2D eigenvalue weighted by atomic mass is 10.0. The van der Waals surface area contributed by atoms with Crippen molar-refractivity contribution >= 4 is 5.91 Å². The zero-order chi connectivity index (χ0) is 17.1. The van der Waals surface area contributed by atoms with E-state index in [1.807, 2.05) is 24.3 Å². The zero-order valence-corrected chi connectivity index (χ0v) is 13.0. The van der Waals surface area contributed by atoms with Crippen LogP contribution in [0.5, 0.6) is 5.75 Å². The highest BCUT2D eigenvalue weighted by atomic mass is 19.1. The van der Waals surface area contributed by atoms with Crippen molar-refractivity contribution in [1.29, 1.82) is 0 Å². The molecule has 1 amide bonds. The molecule has 3 rings (SSSR count). The molecule has 1 saturated heterocycles. The molecular formula is C17H17F2N3O2. The first-order valence-electron chi connectivity index (χ1n) is 7.48. The summed E-state index contributed by atoms with van der Waals surface area (Å²) in [4.78, 5) is 12.1. The maximum atomic E-state index is 13.7. The van der Waals surface area contributed by atoms with E-state index < -0.39 is 23.7 Å². The van der Waals surface area contributed by atoms with Crippen molar-refractivity contribution in [1.82, 2.24) is 16.2 Å². The van der Waals surface area contributed by atoms with Crippen molar-refractivity contribution in [3.63, 3.8) is 0 Å². The van der Waals surface area contributed by atoms with Crippen molar-refractivity contribution < 1.29 is 18.3 Å². The van der Waals surface area contributed by atoms with E-state index in [1.54, 1.807) is 7.11 Å². The normalized spacial score (nSPS) is 20.0. The summed E-state index contributed by atoms with van der Waals surface area (Å²) in [7, 11) is 1.60. The molecule has 0 saturated carbocycles. The van der Waals surface area contributed by atoms with Crippen LogP contribution in [-0.2, 0) is 0 Å². The molecule has 2 atom stereocenters. The Morgan fingerprint density at radius 1 is 1.21 bits per heavy atom. The van der Waals surface area contributed by atoms with Crippen LogP contribution in [0.25, 0.3) is 0 Å². The summed E-state index contributed by atoms with van der Waals surface area (Å²) in [5.41, 5.74) is 6.79. The molecule has 2 unspecified atom stereocenters. The monoisotopic (exact) mass is 333 g/mol. The minimum absolute atomic E-state index is 0.0653. The molecule has 2 aromatic carbocycles. The minimum atomic E-state index is -0.889. The number of carbonyl (C=O) groups excluding carboxylic acids is 1. The number of rotatable bonds is 4. The van der Waals surface area contributed by atoms with Crippen molar-refractivity contribution in [3.8, 4) is 5.75 Å². The first-order chi connectivity index (χ1) is 11.6.